The van der Waals surface area contributed by atoms with Crippen molar-refractivity contribution in [2.45, 2.75) is 0 Å². The summed E-state index contributed by atoms with van der Waals surface area (Å²) in [4.78, 5) is 0. The smallest absolute Gasteiger partial charge is 0.102 e. The number of hydrogen-bond donors (Lipinski definition) is 1. The van der Waals surface area contributed by atoms with Gasteiger partial charge in [0.25, 0.3) is 0 Å². The number of allylic oxidation sites excluding steroid dienone is 1. The molecule has 0 saturated carbocycles. The molecule has 0 amide bonds. The van der Waals surface area contributed by atoms with Gasteiger partial charge in [-0.25, -0.2) is 9.82 Å². The van der Waals surface area contributed by atoms with Crippen LogP contribution >= 0.6 is 11.9 Å². The number of rotatable bonds is 0. The number of hydrogen-bond acceptors (Lipinski definition) is 4. The summed E-state index contributed by atoms with van der Waals surface area (Å²) in [5.74, 6) is 0.933. The lowest BCUT2D eigenvalue weighted by Crippen LogP contribution is -2.33. The molecule has 2 aliphatic heterocycles. The van der Waals surface area contributed by atoms with Gasteiger partial charge >= 0.3 is 0 Å². The van der Waals surface area contributed by atoms with E-state index < -0.39 is 0 Å². The average molecular weight is 141 g/mol. The first-order valence-electron chi connectivity index (χ1n) is 2.83. The highest BCUT2D eigenvalue weighted by Gasteiger charge is 2.14. The van der Waals surface area contributed by atoms with Crippen LogP contribution in [0.5, 0.6) is 0 Å². The Morgan fingerprint density at radius 3 is 3.67 bits per heavy atom. The molecule has 0 unspecified atom stereocenters. The number of hydrazine groups is 1. The van der Waals surface area contributed by atoms with E-state index in [-0.39, 0.29) is 0 Å². The molecule has 0 bridgehead atoms. The van der Waals surface area contributed by atoms with E-state index in [1.54, 1.807) is 11.9 Å². The first kappa shape index (κ1) is 5.32. The Balaban J connectivity index is 2.24. The molecule has 0 spiro atoms. The predicted octanol–water partition coefficient (Wildman–Crippen LogP) is 0.381. The summed E-state index contributed by atoms with van der Waals surface area (Å²) in [5, 5.41) is 2.09. The van der Waals surface area contributed by atoms with E-state index in [1.165, 1.54) is 5.70 Å². The van der Waals surface area contributed by atoms with Crippen LogP contribution in [0.15, 0.2) is 16.2 Å². The van der Waals surface area contributed by atoms with Gasteiger partial charge in [-0.15, -0.1) is 0 Å². The summed E-state index contributed by atoms with van der Waals surface area (Å²) in [6.07, 6.45) is 4.01. The van der Waals surface area contributed by atoms with E-state index in [0.717, 1.165) is 12.4 Å². The largest absolute Gasteiger partial charge is 0.295 e. The second-order valence-corrected chi connectivity index (χ2v) is 2.64. The second kappa shape index (κ2) is 2.04. The topological polar surface area (TPSA) is 27.6 Å². The van der Waals surface area contributed by atoms with Gasteiger partial charge in [-0.1, -0.05) is 0 Å². The molecule has 2 heterocycles. The standard InChI is InChI=1S/C5H7N3S/c1-2-6-8-4-9-7-3-5(1)8/h1,3,6H,2,4H2. The second-order valence-electron chi connectivity index (χ2n) is 1.91. The zero-order valence-corrected chi connectivity index (χ0v) is 5.69. The van der Waals surface area contributed by atoms with Crippen LogP contribution in [0.3, 0.4) is 0 Å². The summed E-state index contributed by atoms with van der Waals surface area (Å²) >= 11 is 1.56. The Bertz CT molecular complexity index is 175. The van der Waals surface area contributed by atoms with E-state index in [9.17, 15) is 0 Å². The Kier molecular flexibility index (Phi) is 1.20. The van der Waals surface area contributed by atoms with Gasteiger partial charge in [-0.2, -0.15) is 0 Å². The van der Waals surface area contributed by atoms with Crippen molar-refractivity contribution in [1.29, 1.82) is 0 Å². The highest BCUT2D eigenvalue weighted by molar-refractivity contribution is 7.98. The van der Waals surface area contributed by atoms with E-state index >= 15 is 0 Å². The van der Waals surface area contributed by atoms with Gasteiger partial charge in [0.1, 0.15) is 5.88 Å². The fourth-order valence-electron chi connectivity index (χ4n) is 0.887. The third-order valence-corrected chi connectivity index (χ3v) is 1.98. The Morgan fingerprint density at radius 1 is 1.78 bits per heavy atom. The number of nitrogens with zero attached hydrogens (tertiary/aromatic N) is 2. The van der Waals surface area contributed by atoms with E-state index in [1.807, 2.05) is 6.21 Å². The molecule has 0 aromatic rings. The van der Waals surface area contributed by atoms with Crippen LogP contribution < -0.4 is 5.43 Å². The fourth-order valence-corrected chi connectivity index (χ4v) is 1.49. The molecule has 0 aromatic heterocycles. The van der Waals surface area contributed by atoms with Crippen LogP contribution in [-0.2, 0) is 0 Å². The first-order valence-corrected chi connectivity index (χ1v) is 3.77. The summed E-state index contributed by atoms with van der Waals surface area (Å²) < 4.78 is 4.06. The van der Waals surface area contributed by atoms with Gasteiger partial charge in [0.05, 0.1) is 11.9 Å². The molecule has 0 radical (unpaired) electrons. The third kappa shape index (κ3) is 0.840. The fraction of sp³-hybridized carbons (Fsp3) is 0.400. The quantitative estimate of drug-likeness (QED) is 0.494. The Hall–Kier alpha value is -0.480. The van der Waals surface area contributed by atoms with Crippen molar-refractivity contribution < 1.29 is 0 Å². The lowest BCUT2D eigenvalue weighted by Gasteiger charge is -2.20. The van der Waals surface area contributed by atoms with Crippen LogP contribution in [0, 0.1) is 0 Å². The maximum absolute atomic E-state index is 4.06. The van der Waals surface area contributed by atoms with Gasteiger partial charge in [0, 0.05) is 6.54 Å². The monoisotopic (exact) mass is 141 g/mol. The van der Waals surface area contributed by atoms with Crippen LogP contribution in [-0.4, -0.2) is 23.6 Å². The summed E-state index contributed by atoms with van der Waals surface area (Å²) in [5.41, 5.74) is 4.39. The lowest BCUT2D eigenvalue weighted by molar-refractivity contribution is 0.345. The van der Waals surface area contributed by atoms with Gasteiger partial charge in [-0.05, 0) is 18.0 Å². The number of nitrogens with one attached hydrogen (secondary N) is 1. The molecule has 0 atom stereocenters. The zero-order chi connectivity index (χ0) is 6.10. The van der Waals surface area contributed by atoms with E-state index in [4.69, 9.17) is 0 Å². The molecule has 1 N–H and O–H groups in total. The van der Waals surface area contributed by atoms with Crippen LogP contribution in [0.25, 0.3) is 0 Å². The van der Waals surface area contributed by atoms with Crippen LogP contribution in [0.4, 0.5) is 0 Å². The minimum absolute atomic E-state index is 0.933. The molecule has 0 aromatic carbocycles. The molecule has 48 valence electrons. The van der Waals surface area contributed by atoms with Gasteiger partial charge in [-0.3, -0.25) is 5.01 Å². The van der Waals surface area contributed by atoms with Crippen molar-refractivity contribution in [2.24, 2.45) is 4.40 Å². The Morgan fingerprint density at radius 2 is 2.78 bits per heavy atom. The minimum Gasteiger partial charge on any atom is -0.295 e. The minimum atomic E-state index is 0.933. The zero-order valence-electron chi connectivity index (χ0n) is 4.87. The third-order valence-electron chi connectivity index (χ3n) is 1.35. The van der Waals surface area contributed by atoms with Gasteiger partial charge in [0.2, 0.25) is 0 Å². The van der Waals surface area contributed by atoms with Crippen molar-refractivity contribution in [3.05, 3.63) is 11.8 Å². The molecule has 9 heavy (non-hydrogen) atoms. The molecule has 0 fully saturated rings. The molecule has 0 saturated heterocycles. The highest BCUT2D eigenvalue weighted by atomic mass is 32.2. The van der Waals surface area contributed by atoms with E-state index in [2.05, 4.69) is 20.9 Å². The van der Waals surface area contributed by atoms with Crippen molar-refractivity contribution in [3.8, 4) is 0 Å². The molecule has 2 aliphatic rings. The SMILES string of the molecule is C1=NSCN2NCC=C12. The van der Waals surface area contributed by atoms with Gasteiger partial charge in [0.15, 0.2) is 0 Å². The summed E-state index contributed by atoms with van der Waals surface area (Å²) in [6.45, 7) is 0.946. The molecule has 0 aliphatic carbocycles. The highest BCUT2D eigenvalue weighted by Crippen LogP contribution is 2.16. The molecular formula is C5H7N3S. The van der Waals surface area contributed by atoms with Gasteiger partial charge < -0.3 is 0 Å². The van der Waals surface area contributed by atoms with E-state index in [0.29, 0.717) is 0 Å². The van der Waals surface area contributed by atoms with Crippen molar-refractivity contribution in [1.82, 2.24) is 10.4 Å². The predicted molar refractivity (Wildman–Crippen MR) is 38.9 cm³/mol. The molecule has 4 heteroatoms. The molecular weight excluding hydrogens is 134 g/mol. The average Bonchev–Trinajstić information content (AvgIpc) is 2.33. The normalized spacial score (nSPS) is 24.0. The van der Waals surface area contributed by atoms with Crippen LogP contribution in [0.1, 0.15) is 0 Å². The van der Waals surface area contributed by atoms with Crippen molar-refractivity contribution >= 4 is 18.2 Å². The summed E-state index contributed by atoms with van der Waals surface area (Å²) in [7, 11) is 0. The van der Waals surface area contributed by atoms with Crippen molar-refractivity contribution in [2.75, 3.05) is 12.4 Å². The maximum Gasteiger partial charge on any atom is 0.102 e. The van der Waals surface area contributed by atoms with Crippen molar-refractivity contribution in [3.63, 3.8) is 0 Å². The Labute approximate surface area is 57.9 Å². The molecule has 3 nitrogen and oxygen atoms in total. The molecule has 2 rings (SSSR count). The first-order chi connectivity index (χ1) is 4.47. The lowest BCUT2D eigenvalue weighted by atomic mass is 10.4. The summed E-state index contributed by atoms with van der Waals surface area (Å²) in [6, 6.07) is 0. The number of fused-ring (bicyclic) bond motifs is 1. The maximum atomic E-state index is 4.06. The van der Waals surface area contributed by atoms with Crippen LogP contribution in [0.2, 0.25) is 0 Å².